The van der Waals surface area contributed by atoms with E-state index in [9.17, 15) is 14.7 Å². The normalized spacial score (nSPS) is 15.0. The third-order valence-electron chi connectivity index (χ3n) is 4.26. The Kier molecular flexibility index (Phi) is 4.99. The van der Waals surface area contributed by atoms with Gasteiger partial charge in [0.05, 0.1) is 22.4 Å². The van der Waals surface area contributed by atoms with E-state index in [2.05, 4.69) is 0 Å². The number of benzene rings is 1. The van der Waals surface area contributed by atoms with Crippen molar-refractivity contribution in [1.82, 2.24) is 4.57 Å². The number of ketones is 1. The van der Waals surface area contributed by atoms with Crippen molar-refractivity contribution in [2.24, 2.45) is 0 Å². The molecule has 0 radical (unpaired) electrons. The van der Waals surface area contributed by atoms with Gasteiger partial charge in [0.25, 0.3) is 0 Å². The number of carboxylic acid groups (broad SMARTS) is 1. The van der Waals surface area contributed by atoms with Crippen LogP contribution in [0.2, 0.25) is 0 Å². The molecule has 3 rings (SSSR count). The number of nitrogens with zero attached hydrogens (tertiary/aromatic N) is 1. The largest absolute Gasteiger partial charge is 0.493 e. The molecule has 1 aromatic carbocycles. The summed E-state index contributed by atoms with van der Waals surface area (Å²) >= 11 is 6.19. The summed E-state index contributed by atoms with van der Waals surface area (Å²) in [6, 6.07) is 3.44. The van der Waals surface area contributed by atoms with Crippen LogP contribution in [0.5, 0.6) is 11.6 Å². The zero-order valence-electron chi connectivity index (χ0n) is 14.5. The number of Topliss-reactive ketones (excluding diaryl/α,β-unsaturated/α-hetero) is 1. The van der Waals surface area contributed by atoms with Crippen molar-refractivity contribution in [3.05, 3.63) is 43.2 Å². The van der Waals surface area contributed by atoms with E-state index in [-0.39, 0.29) is 44.9 Å². The van der Waals surface area contributed by atoms with Crippen molar-refractivity contribution in [2.75, 3.05) is 0 Å². The predicted molar refractivity (Wildman–Crippen MR) is 104 cm³/mol. The molecular weight excluding hydrogens is 388 g/mol. The number of hydrogen-bond donors (Lipinski definition) is 3. The number of nitrogens with one attached hydrogen (secondary N) is 1. The highest BCUT2D eigenvalue weighted by molar-refractivity contribution is 7.73. The molecule has 0 saturated heterocycles. The van der Waals surface area contributed by atoms with E-state index in [1.807, 2.05) is 13.8 Å². The van der Waals surface area contributed by atoms with E-state index in [0.29, 0.717) is 11.3 Å². The maximum atomic E-state index is 12.8. The first-order valence-corrected chi connectivity index (χ1v) is 9.20. The van der Waals surface area contributed by atoms with E-state index in [1.54, 1.807) is 12.1 Å². The Bertz CT molecular complexity index is 1080. The fourth-order valence-electron chi connectivity index (χ4n) is 2.64. The number of fused-ring (bicyclic) bond motifs is 1. The zero-order chi connectivity index (χ0) is 19.9. The van der Waals surface area contributed by atoms with Crippen molar-refractivity contribution < 1.29 is 24.5 Å². The first kappa shape index (κ1) is 19.0. The second kappa shape index (κ2) is 7.09. The Morgan fingerprint density at radius 2 is 2.04 bits per heavy atom. The third kappa shape index (κ3) is 3.56. The average Bonchev–Trinajstić information content (AvgIpc) is 2.85. The Labute approximate surface area is 163 Å². The molecule has 9 heteroatoms. The molecule has 3 N–H and O–H groups in total. The van der Waals surface area contributed by atoms with Gasteiger partial charge >= 0.3 is 5.97 Å². The molecule has 2 aromatic rings. The number of carbonyl (C=O) groups is 2. The monoisotopic (exact) mass is 404 g/mol. The highest BCUT2D eigenvalue weighted by atomic mass is 32.1. The molecule has 0 unspecified atom stereocenters. The highest BCUT2D eigenvalue weighted by Gasteiger charge is 2.29. The number of aromatic nitrogens is 1. The lowest BCUT2D eigenvalue weighted by Gasteiger charge is -2.20. The van der Waals surface area contributed by atoms with Gasteiger partial charge in [0.1, 0.15) is 5.75 Å². The molecule has 0 aliphatic carbocycles. The molecule has 1 aliphatic heterocycles. The van der Waals surface area contributed by atoms with Crippen molar-refractivity contribution in [2.45, 2.75) is 26.8 Å². The van der Waals surface area contributed by atoms with Gasteiger partial charge in [-0.25, -0.2) is 0 Å². The smallest absolute Gasteiger partial charge is 0.305 e. The quantitative estimate of drug-likeness (QED) is 0.529. The van der Waals surface area contributed by atoms with Crippen LogP contribution in [-0.2, 0) is 11.3 Å². The second-order valence-electron chi connectivity index (χ2n) is 6.10. The van der Waals surface area contributed by atoms with Crippen LogP contribution in [0.1, 0.15) is 32.8 Å². The lowest BCUT2D eigenvalue weighted by Crippen LogP contribution is -2.24. The maximum Gasteiger partial charge on any atom is 0.305 e. The minimum absolute atomic E-state index is 0.00249. The molecular formula is C18H16N2O5S2. The van der Waals surface area contributed by atoms with E-state index in [1.165, 1.54) is 10.6 Å². The summed E-state index contributed by atoms with van der Waals surface area (Å²) in [5, 5.41) is 27.2. The SMILES string of the molecule is Cc1cc2c(cc1C)C(=O)C(=Cc1sc(=S)n(CCC(=O)O)c1O)C(=N)O2. The van der Waals surface area contributed by atoms with E-state index >= 15 is 0 Å². The molecule has 1 aliphatic rings. The van der Waals surface area contributed by atoms with Crippen LogP contribution in [0.3, 0.4) is 0 Å². The topological polar surface area (TPSA) is 113 Å². The van der Waals surface area contributed by atoms with Crippen LogP contribution in [0.4, 0.5) is 0 Å². The summed E-state index contributed by atoms with van der Waals surface area (Å²) in [6.07, 6.45) is 1.16. The molecule has 0 saturated carbocycles. The number of hydrogen-bond acceptors (Lipinski definition) is 7. The van der Waals surface area contributed by atoms with Crippen molar-refractivity contribution in [1.29, 1.82) is 5.41 Å². The number of carboxylic acids is 1. The summed E-state index contributed by atoms with van der Waals surface area (Å²) in [5.41, 5.74) is 2.24. The highest BCUT2D eigenvalue weighted by Crippen LogP contribution is 2.34. The number of aromatic hydroxyl groups is 1. The molecule has 2 heterocycles. The predicted octanol–water partition coefficient (Wildman–Crippen LogP) is 3.71. The van der Waals surface area contributed by atoms with Gasteiger partial charge in [-0.2, -0.15) is 0 Å². The lowest BCUT2D eigenvalue weighted by molar-refractivity contribution is -0.137. The number of aliphatic carboxylic acids is 1. The molecule has 7 nitrogen and oxygen atoms in total. The molecule has 0 atom stereocenters. The van der Waals surface area contributed by atoms with Gasteiger partial charge < -0.3 is 14.9 Å². The average molecular weight is 404 g/mol. The number of ether oxygens (including phenoxy) is 1. The summed E-state index contributed by atoms with van der Waals surface area (Å²) in [4.78, 5) is 23.9. The van der Waals surface area contributed by atoms with Gasteiger partial charge in [0.2, 0.25) is 17.6 Å². The molecule has 0 fully saturated rings. The van der Waals surface area contributed by atoms with Gasteiger partial charge in [0.15, 0.2) is 3.95 Å². The molecule has 27 heavy (non-hydrogen) atoms. The standard InChI is InChI=1S/C18H16N2O5S2/c1-8-5-10-12(6-9(8)2)25-16(19)11(15(10)23)7-13-17(24)20(18(26)27-13)4-3-14(21)22/h5-7,19,24H,3-4H2,1-2H3,(H,21,22). The summed E-state index contributed by atoms with van der Waals surface area (Å²) in [5.74, 6) is -1.60. The Morgan fingerprint density at radius 1 is 1.37 bits per heavy atom. The summed E-state index contributed by atoms with van der Waals surface area (Å²) in [6.45, 7) is 3.79. The fourth-order valence-corrected chi connectivity index (χ4v) is 3.94. The van der Waals surface area contributed by atoms with Gasteiger partial charge in [0, 0.05) is 6.54 Å². The minimum Gasteiger partial charge on any atom is -0.493 e. The number of thiazole rings is 1. The number of rotatable bonds is 4. The van der Waals surface area contributed by atoms with E-state index in [0.717, 1.165) is 22.5 Å². The number of aryl methyl sites for hydroxylation is 2. The van der Waals surface area contributed by atoms with E-state index in [4.69, 9.17) is 27.5 Å². The Hall–Kier alpha value is -2.78. The second-order valence-corrected chi connectivity index (χ2v) is 7.78. The fraction of sp³-hybridized carbons (Fsp3) is 0.222. The zero-order valence-corrected chi connectivity index (χ0v) is 16.2. The van der Waals surface area contributed by atoms with Crippen molar-refractivity contribution in [3.63, 3.8) is 0 Å². The van der Waals surface area contributed by atoms with Gasteiger partial charge in [-0.15, -0.1) is 11.3 Å². The summed E-state index contributed by atoms with van der Waals surface area (Å²) in [7, 11) is 0. The van der Waals surface area contributed by atoms with Crippen LogP contribution in [-0.4, -0.2) is 32.4 Å². The molecule has 140 valence electrons. The molecule has 1 aromatic heterocycles. The van der Waals surface area contributed by atoms with Crippen molar-refractivity contribution >= 4 is 47.3 Å². The first-order valence-electron chi connectivity index (χ1n) is 7.98. The van der Waals surface area contributed by atoms with Gasteiger partial charge in [-0.05, 0) is 55.4 Å². The van der Waals surface area contributed by atoms with Crippen LogP contribution in [0.15, 0.2) is 17.7 Å². The van der Waals surface area contributed by atoms with Gasteiger partial charge in [-0.1, -0.05) is 0 Å². The lowest BCUT2D eigenvalue weighted by atomic mass is 9.95. The van der Waals surface area contributed by atoms with Crippen LogP contribution >= 0.6 is 23.6 Å². The van der Waals surface area contributed by atoms with Crippen LogP contribution in [0.25, 0.3) is 6.08 Å². The molecule has 0 spiro atoms. The van der Waals surface area contributed by atoms with Crippen LogP contribution in [0, 0.1) is 23.2 Å². The third-order valence-corrected chi connectivity index (χ3v) is 5.65. The maximum absolute atomic E-state index is 12.8. The molecule has 0 bridgehead atoms. The van der Waals surface area contributed by atoms with Gasteiger partial charge in [-0.3, -0.25) is 19.6 Å². The van der Waals surface area contributed by atoms with E-state index < -0.39 is 5.97 Å². The minimum atomic E-state index is -1.01. The molecule has 0 amide bonds. The first-order chi connectivity index (χ1) is 12.7. The summed E-state index contributed by atoms with van der Waals surface area (Å²) < 4.78 is 7.06. The van der Waals surface area contributed by atoms with Crippen LogP contribution < -0.4 is 4.74 Å². The van der Waals surface area contributed by atoms with Crippen molar-refractivity contribution in [3.8, 4) is 11.6 Å². The Balaban J connectivity index is 2.02. The Morgan fingerprint density at radius 3 is 2.70 bits per heavy atom. The number of carbonyl (C=O) groups excluding carboxylic acids is 1.